The van der Waals surface area contributed by atoms with E-state index in [1.807, 2.05) is 90.1 Å². The Morgan fingerprint density at radius 3 is 1.56 bits per heavy atom. The average Bonchev–Trinajstić information content (AvgIpc) is 3.14. The molecule has 2 aromatic carbocycles. The van der Waals surface area contributed by atoms with Gasteiger partial charge in [0.15, 0.2) is 0 Å². The Kier molecular flexibility index (Phi) is 19.4. The summed E-state index contributed by atoms with van der Waals surface area (Å²) in [5.74, 6) is -0.165. The zero-order valence-electron chi connectivity index (χ0n) is 34.9. The van der Waals surface area contributed by atoms with Gasteiger partial charge in [0.05, 0.1) is 38.4 Å². The normalized spacial score (nSPS) is 18.4. The maximum absolute atomic E-state index is 12.5. The van der Waals surface area contributed by atoms with E-state index in [1.54, 1.807) is 23.8 Å². The lowest BCUT2D eigenvalue weighted by atomic mass is 9.88. The molecule has 0 bridgehead atoms. The molecule has 2 saturated heterocycles. The van der Waals surface area contributed by atoms with E-state index in [4.69, 9.17) is 46.9 Å². The summed E-state index contributed by atoms with van der Waals surface area (Å²) in [6.07, 6.45) is 2.94. The number of ether oxygens (including phenoxy) is 5. The summed E-state index contributed by atoms with van der Waals surface area (Å²) in [6.45, 7) is 16.3. The molecule has 57 heavy (non-hydrogen) atoms. The van der Waals surface area contributed by atoms with Gasteiger partial charge in [-0.05, 0) is 110 Å². The quantitative estimate of drug-likeness (QED) is 0.155. The SMILES string of the molecule is CCOC(=O)CCOC(c1cccc(Cl)c1)[C@@H]1CCCN(C(=O)OC(C)(C)C)C1.CNC(=O)CCO[C@@H](c1cccc(Cl)c1)[C@@H]1CCCN(C(=O)OC(C)(C)C)C1. The van der Waals surface area contributed by atoms with Gasteiger partial charge in [0.25, 0.3) is 0 Å². The van der Waals surface area contributed by atoms with Crippen molar-refractivity contribution < 1.29 is 42.9 Å². The molecule has 14 heteroatoms. The van der Waals surface area contributed by atoms with E-state index in [-0.39, 0.29) is 67.6 Å². The van der Waals surface area contributed by atoms with Crippen LogP contribution in [0.5, 0.6) is 0 Å². The first-order chi connectivity index (χ1) is 26.9. The fourth-order valence-corrected chi connectivity index (χ4v) is 7.18. The number of likely N-dealkylation sites (tertiary alicyclic amines) is 2. The number of esters is 1. The highest BCUT2D eigenvalue weighted by molar-refractivity contribution is 6.30. The number of rotatable bonds is 13. The van der Waals surface area contributed by atoms with Gasteiger partial charge < -0.3 is 38.8 Å². The summed E-state index contributed by atoms with van der Waals surface area (Å²) in [7, 11) is 1.61. The number of nitrogens with zero attached hydrogens (tertiary/aromatic N) is 2. The smallest absolute Gasteiger partial charge is 0.410 e. The molecule has 4 atom stereocenters. The lowest BCUT2D eigenvalue weighted by molar-refractivity contribution is -0.145. The second kappa shape index (κ2) is 23.1. The molecule has 2 heterocycles. The lowest BCUT2D eigenvalue weighted by Gasteiger charge is -2.37. The van der Waals surface area contributed by atoms with Gasteiger partial charge in [0, 0.05) is 61.5 Å². The lowest BCUT2D eigenvalue weighted by Crippen LogP contribution is -2.44. The first-order valence-corrected chi connectivity index (χ1v) is 20.7. The highest BCUT2D eigenvalue weighted by atomic mass is 35.5. The summed E-state index contributed by atoms with van der Waals surface area (Å²) >= 11 is 12.4. The van der Waals surface area contributed by atoms with Gasteiger partial charge in [-0.25, -0.2) is 9.59 Å². The third kappa shape index (κ3) is 17.4. The number of nitrogens with one attached hydrogen (secondary N) is 1. The fraction of sp³-hybridized carbons (Fsp3) is 0.628. The van der Waals surface area contributed by atoms with Crippen LogP contribution in [0.4, 0.5) is 9.59 Å². The largest absolute Gasteiger partial charge is 0.466 e. The van der Waals surface area contributed by atoms with Crippen LogP contribution in [0.2, 0.25) is 10.0 Å². The number of hydrogen-bond acceptors (Lipinski definition) is 9. The summed E-state index contributed by atoms with van der Waals surface area (Å²) in [5, 5.41) is 3.86. The minimum atomic E-state index is -0.535. The van der Waals surface area contributed by atoms with E-state index in [0.717, 1.165) is 36.8 Å². The number of carbonyl (C=O) groups is 4. The van der Waals surface area contributed by atoms with Gasteiger partial charge in [0.2, 0.25) is 5.91 Å². The molecule has 2 aromatic rings. The molecular formula is C43H63Cl2N3O9. The van der Waals surface area contributed by atoms with E-state index in [0.29, 0.717) is 49.4 Å². The maximum Gasteiger partial charge on any atom is 0.410 e. The van der Waals surface area contributed by atoms with Crippen molar-refractivity contribution in [3.8, 4) is 0 Å². The molecule has 3 amide bonds. The van der Waals surface area contributed by atoms with Gasteiger partial charge in [-0.2, -0.15) is 0 Å². The third-order valence-corrected chi connectivity index (χ3v) is 9.71. The van der Waals surface area contributed by atoms with Crippen LogP contribution < -0.4 is 5.32 Å². The third-order valence-electron chi connectivity index (χ3n) is 9.24. The zero-order valence-corrected chi connectivity index (χ0v) is 36.5. The van der Waals surface area contributed by atoms with Crippen LogP contribution in [0, 0.1) is 11.8 Å². The summed E-state index contributed by atoms with van der Waals surface area (Å²) in [5.41, 5.74) is 0.838. The Morgan fingerprint density at radius 2 is 1.18 bits per heavy atom. The molecule has 4 rings (SSSR count). The summed E-state index contributed by atoms with van der Waals surface area (Å²) < 4.78 is 28.3. The fourth-order valence-electron chi connectivity index (χ4n) is 6.78. The molecule has 2 aliphatic rings. The highest BCUT2D eigenvalue weighted by Crippen LogP contribution is 2.36. The van der Waals surface area contributed by atoms with Crippen molar-refractivity contribution in [2.24, 2.45) is 11.8 Å². The van der Waals surface area contributed by atoms with Crippen LogP contribution >= 0.6 is 23.2 Å². The molecule has 0 spiro atoms. The second-order valence-electron chi connectivity index (χ2n) is 16.3. The van der Waals surface area contributed by atoms with Gasteiger partial charge in [0.1, 0.15) is 11.2 Å². The Bertz CT molecular complexity index is 1600. The monoisotopic (exact) mass is 835 g/mol. The maximum atomic E-state index is 12.5. The highest BCUT2D eigenvalue weighted by Gasteiger charge is 2.35. The molecule has 0 saturated carbocycles. The molecule has 2 fully saturated rings. The standard InChI is InChI=1S/C22H32ClNO5.C21H31ClN2O4/c1-5-27-19(25)11-13-28-20(16-8-6-10-18(23)14-16)17-9-7-12-24(15-17)21(26)29-22(2,3)4;1-21(2,3)28-20(26)24-11-6-8-16(14-24)19(27-12-10-18(25)23-4)15-7-5-9-17(22)13-15/h6,8,10,14,17,20H,5,7,9,11-13,15H2,1-4H3;5,7,9,13,16,19H,6,8,10-12,14H2,1-4H3,(H,23,25)/t17-,20?;16-,19+/m11/s1. The van der Waals surface area contributed by atoms with Crippen molar-refractivity contribution in [3.63, 3.8) is 0 Å². The number of hydrogen-bond donors (Lipinski definition) is 1. The van der Waals surface area contributed by atoms with Crippen molar-refractivity contribution in [2.75, 3.05) is 53.0 Å². The Labute approximate surface area is 349 Å². The molecule has 1 unspecified atom stereocenters. The molecule has 0 radical (unpaired) electrons. The van der Waals surface area contributed by atoms with Crippen molar-refractivity contribution in [2.45, 2.75) is 110 Å². The van der Waals surface area contributed by atoms with E-state index in [9.17, 15) is 19.2 Å². The molecule has 12 nitrogen and oxygen atoms in total. The number of carbonyl (C=O) groups excluding carboxylic acids is 4. The molecule has 0 aliphatic carbocycles. The topological polar surface area (TPSA) is 133 Å². The predicted octanol–water partition coefficient (Wildman–Crippen LogP) is 9.18. The van der Waals surface area contributed by atoms with Crippen molar-refractivity contribution in [1.29, 1.82) is 0 Å². The average molecular weight is 837 g/mol. The zero-order chi connectivity index (χ0) is 42.2. The molecule has 2 aliphatic heterocycles. The van der Waals surface area contributed by atoms with Gasteiger partial charge in [-0.15, -0.1) is 0 Å². The van der Waals surface area contributed by atoms with Crippen LogP contribution in [0.15, 0.2) is 48.5 Å². The Morgan fingerprint density at radius 1 is 0.737 bits per heavy atom. The number of amides is 3. The predicted molar refractivity (Wildman–Crippen MR) is 221 cm³/mol. The van der Waals surface area contributed by atoms with Crippen molar-refractivity contribution in [3.05, 3.63) is 69.7 Å². The van der Waals surface area contributed by atoms with Gasteiger partial charge in [-0.3, -0.25) is 9.59 Å². The molecule has 1 N–H and O–H groups in total. The van der Waals surface area contributed by atoms with Crippen molar-refractivity contribution >= 4 is 47.3 Å². The van der Waals surface area contributed by atoms with Crippen LogP contribution in [0.1, 0.15) is 110 Å². The number of piperidine rings is 2. The van der Waals surface area contributed by atoms with E-state index in [1.165, 1.54) is 0 Å². The molecule has 0 aromatic heterocycles. The Balaban J connectivity index is 0.000000306. The van der Waals surface area contributed by atoms with Crippen LogP contribution in [-0.4, -0.2) is 98.1 Å². The molecular weight excluding hydrogens is 773 g/mol. The first kappa shape index (κ1) is 47.8. The molecule has 318 valence electrons. The number of halogens is 2. The van der Waals surface area contributed by atoms with Crippen LogP contribution in [0.25, 0.3) is 0 Å². The van der Waals surface area contributed by atoms with E-state index < -0.39 is 11.2 Å². The summed E-state index contributed by atoms with van der Waals surface area (Å²) in [4.78, 5) is 51.7. The van der Waals surface area contributed by atoms with E-state index >= 15 is 0 Å². The van der Waals surface area contributed by atoms with Gasteiger partial charge in [-0.1, -0.05) is 47.5 Å². The van der Waals surface area contributed by atoms with Crippen LogP contribution in [0.3, 0.4) is 0 Å². The minimum absolute atomic E-state index is 0.0659. The van der Waals surface area contributed by atoms with Crippen LogP contribution in [-0.2, 0) is 33.3 Å². The van der Waals surface area contributed by atoms with Gasteiger partial charge >= 0.3 is 18.2 Å². The number of benzene rings is 2. The first-order valence-electron chi connectivity index (χ1n) is 19.9. The minimum Gasteiger partial charge on any atom is -0.466 e. The second-order valence-corrected chi connectivity index (χ2v) is 17.2. The van der Waals surface area contributed by atoms with Crippen molar-refractivity contribution in [1.82, 2.24) is 15.1 Å². The van der Waals surface area contributed by atoms with E-state index in [2.05, 4.69) is 5.32 Å². The Hall–Kier alpha value is -3.58. The summed E-state index contributed by atoms with van der Waals surface area (Å²) in [6, 6.07) is 15.1.